The summed E-state index contributed by atoms with van der Waals surface area (Å²) in [5.74, 6) is 1.61. The predicted octanol–water partition coefficient (Wildman–Crippen LogP) is 6.21. The van der Waals surface area contributed by atoms with Gasteiger partial charge in [-0.2, -0.15) is 40.2 Å². The first-order valence-corrected chi connectivity index (χ1v) is 27.1. The average molecular weight is 1190 g/mol. The van der Waals surface area contributed by atoms with Crippen LogP contribution >= 0.6 is 0 Å². The van der Waals surface area contributed by atoms with Crippen molar-refractivity contribution in [2.24, 2.45) is 21.7 Å². The van der Waals surface area contributed by atoms with Gasteiger partial charge in [-0.25, -0.2) is 38.0 Å². The van der Waals surface area contributed by atoms with Gasteiger partial charge in [0.05, 0.1) is 60.6 Å². The van der Waals surface area contributed by atoms with E-state index >= 15 is 8.78 Å². The number of piperazine rings is 1. The quantitative estimate of drug-likeness (QED) is 0.0349. The molecule has 6 aliphatic carbocycles. The minimum Gasteiger partial charge on any atom is -0.465 e. The molecule has 9 aliphatic rings. The van der Waals surface area contributed by atoms with E-state index in [1.54, 1.807) is 36.7 Å². The third-order valence-electron chi connectivity index (χ3n) is 18.1. The van der Waals surface area contributed by atoms with Crippen LogP contribution in [0, 0.1) is 45.1 Å². The maximum atomic E-state index is 16.2. The third kappa shape index (κ3) is 10.8. The number of alkyl carbamates (subject to hydrolysis) is 1. The minimum absolute atomic E-state index is 0.231. The van der Waals surface area contributed by atoms with Crippen molar-refractivity contribution >= 4 is 29.9 Å². The second kappa shape index (κ2) is 21.6. The number of aromatic nitrogens is 4. The Hall–Kier alpha value is -7.29. The third-order valence-corrected chi connectivity index (χ3v) is 18.1. The number of nitrogens with one attached hydrogen (secondary N) is 4. The van der Waals surface area contributed by atoms with Crippen LogP contribution in [-0.4, -0.2) is 159 Å². The maximum absolute atomic E-state index is 16.2. The van der Waals surface area contributed by atoms with Gasteiger partial charge in [0.25, 0.3) is 5.91 Å². The molecule has 2 aromatic heterocycles. The number of hydrogen-bond donors (Lipinski definition) is 6. The largest absolute Gasteiger partial charge is 0.465 e. The smallest absolute Gasteiger partial charge is 0.407 e. The topological polar surface area (TPSA) is 229 Å². The highest BCUT2D eigenvalue weighted by Crippen LogP contribution is 2.80. The minimum atomic E-state index is -4.69. The number of anilines is 1. The molecule has 0 spiro atoms. The number of aliphatic hydroxyl groups excluding tert-OH is 1. The molecule has 6 bridgehead atoms. The fourth-order valence-electron chi connectivity index (χ4n) is 14.0. The van der Waals surface area contributed by atoms with Crippen molar-refractivity contribution in [3.63, 3.8) is 0 Å². The van der Waals surface area contributed by atoms with Crippen LogP contribution in [-0.2, 0) is 32.0 Å². The number of hydrazine groups is 1. The Kier molecular flexibility index (Phi) is 15.1. The van der Waals surface area contributed by atoms with Crippen LogP contribution in [0.2, 0.25) is 0 Å². The lowest BCUT2D eigenvalue weighted by atomic mass is 9.32. The maximum Gasteiger partial charge on any atom is 0.407 e. The molecule has 2 unspecified atom stereocenters. The van der Waals surface area contributed by atoms with Crippen LogP contribution in [0.1, 0.15) is 80.2 Å². The molecule has 29 heteroatoms. The van der Waals surface area contributed by atoms with Gasteiger partial charge in [-0.1, -0.05) is 24.0 Å². The van der Waals surface area contributed by atoms with Gasteiger partial charge in [-0.3, -0.25) is 19.9 Å². The molecule has 19 nitrogen and oxygen atoms in total. The zero-order valence-electron chi connectivity index (χ0n) is 44.8. The van der Waals surface area contributed by atoms with Crippen LogP contribution in [0.5, 0.6) is 0 Å². The van der Waals surface area contributed by atoms with E-state index in [0.717, 1.165) is 75.7 Å². The number of alkyl halides is 8. The van der Waals surface area contributed by atoms with E-state index in [1.165, 1.54) is 0 Å². The Morgan fingerprint density at radius 1 is 0.798 bits per heavy atom. The van der Waals surface area contributed by atoms with Crippen LogP contribution in [0.25, 0.3) is 11.3 Å². The summed E-state index contributed by atoms with van der Waals surface area (Å²) in [6.07, 6.45) is -11.8. The zero-order valence-corrected chi connectivity index (χ0v) is 44.8. The summed E-state index contributed by atoms with van der Waals surface area (Å²) in [4.78, 5) is 67.4. The van der Waals surface area contributed by atoms with Crippen molar-refractivity contribution in [1.29, 1.82) is 0 Å². The van der Waals surface area contributed by atoms with E-state index in [0.29, 0.717) is 40.8 Å². The number of carboxylic acid groups (broad SMARTS) is 1. The van der Waals surface area contributed by atoms with Gasteiger partial charge in [0.2, 0.25) is 11.9 Å². The van der Waals surface area contributed by atoms with Gasteiger partial charge in [-0.15, -0.1) is 0 Å². The second-order valence-corrected chi connectivity index (χ2v) is 23.6. The van der Waals surface area contributed by atoms with Crippen molar-refractivity contribution in [3.05, 3.63) is 94.9 Å². The number of carbonyl (C=O) groups is 4. The highest BCUT2D eigenvalue weighted by Gasteiger charge is 2.82. The van der Waals surface area contributed by atoms with E-state index in [4.69, 9.17) is 9.47 Å². The molecule has 5 heterocycles. The van der Waals surface area contributed by atoms with Gasteiger partial charge in [0.1, 0.15) is 23.7 Å². The van der Waals surface area contributed by atoms with Gasteiger partial charge < -0.3 is 40.5 Å². The van der Waals surface area contributed by atoms with Gasteiger partial charge in [-0.05, 0) is 93.7 Å². The Morgan fingerprint density at radius 2 is 1.36 bits per heavy atom. The number of amides is 4. The molecule has 84 heavy (non-hydrogen) atoms. The standard InChI is InChI=1S/C55H57F10N11O8/c1-83-49(82)70-42(50-23-52(24-50,25-50)54(60,61)62)44(78)68-40(12-30-5-2-29(3-6-30)4-7-31-15-66-47(67-16-31)73-17-33-8-9-34(18-73)76(33)35-21-84-22-35)41(77)20-74(19-36-37(56)13-32(14-38(36)57)39-10-11-75(71-39)46(58)59)72-45(79)43(69-48(80)81)51-26-53(27-51,28-51)55(63,64)65/h2-3,5-6,10-11,13-16,33-35,40-43,46,69,77H,8-9,12,17-28H2,1H3,(H,68,78)(H,70,82)(H,72,79)(H,80,81)/t33?,34?,40-,41-,42+,43+,50?,51?,52?,53?/m0/s1. The molecular formula is C55H57F10N11O8. The van der Waals surface area contributed by atoms with Crippen molar-refractivity contribution in [3.8, 4) is 23.1 Å². The van der Waals surface area contributed by atoms with E-state index in [1.807, 2.05) is 5.32 Å². The number of hydrogen-bond acceptors (Lipinski definition) is 13. The van der Waals surface area contributed by atoms with E-state index < -0.39 is 158 Å². The SMILES string of the molecule is COC(=O)N[C@H](C(=O)N[C@@H](Cc1ccc(C#Cc2cnc(N3CC4CCC(C3)N4C3COC3)nc2)cc1)[C@@H](O)CN(Cc1c(F)cc(-c2ccn(C(F)F)n2)cc1F)NC(=O)[C@@H](NC(=O)O)C12CC(C(F)(F)F)(C1)C2)C12CC(C(F)(F)F)(C1)C2. The molecule has 4 aromatic rings. The summed E-state index contributed by atoms with van der Waals surface area (Å²) in [7, 11) is 0.966. The van der Waals surface area contributed by atoms with Gasteiger partial charge in [0, 0.05) is 84.4 Å². The van der Waals surface area contributed by atoms with Crippen molar-refractivity contribution in [2.45, 2.75) is 126 Å². The Bertz CT molecular complexity index is 3190. The van der Waals surface area contributed by atoms with E-state index in [2.05, 4.69) is 52.8 Å². The molecule has 6 saturated carbocycles. The summed E-state index contributed by atoms with van der Waals surface area (Å²) in [5.41, 5.74) is -4.91. The normalized spacial score (nSPS) is 27.3. The number of fused-ring (bicyclic) bond motifs is 2. The monoisotopic (exact) mass is 1190 g/mol. The first kappa shape index (κ1) is 58.5. The van der Waals surface area contributed by atoms with E-state index in [-0.39, 0.29) is 22.4 Å². The van der Waals surface area contributed by atoms with Crippen molar-refractivity contribution in [2.75, 3.05) is 44.9 Å². The molecule has 2 aromatic carbocycles. The lowest BCUT2D eigenvalue weighted by Gasteiger charge is -2.72. The fraction of sp³-hybridized carbons (Fsp3) is 0.545. The van der Waals surface area contributed by atoms with Crippen LogP contribution < -0.4 is 26.3 Å². The van der Waals surface area contributed by atoms with Crippen molar-refractivity contribution in [1.82, 2.24) is 51.0 Å². The molecule has 13 rings (SSSR count). The first-order chi connectivity index (χ1) is 39.7. The zero-order chi connectivity index (χ0) is 59.9. The Morgan fingerprint density at radius 3 is 1.86 bits per heavy atom. The highest BCUT2D eigenvalue weighted by molar-refractivity contribution is 5.88. The fourth-order valence-corrected chi connectivity index (χ4v) is 14.0. The van der Waals surface area contributed by atoms with Gasteiger partial charge >= 0.3 is 31.1 Å². The second-order valence-electron chi connectivity index (χ2n) is 23.6. The number of aliphatic hydroxyl groups is 1. The molecule has 9 fully saturated rings. The summed E-state index contributed by atoms with van der Waals surface area (Å²) in [6, 6.07) is 5.03. The van der Waals surface area contributed by atoms with Crippen molar-refractivity contribution < 1.29 is 82.8 Å². The number of halogens is 10. The van der Waals surface area contributed by atoms with Crippen LogP contribution in [0.3, 0.4) is 0 Å². The lowest BCUT2D eigenvalue weighted by Crippen LogP contribution is -2.77. The van der Waals surface area contributed by atoms with E-state index in [9.17, 15) is 64.5 Å². The number of benzene rings is 2. The first-order valence-electron chi connectivity index (χ1n) is 27.1. The molecule has 4 amide bonds. The Balaban J connectivity index is 0.857. The van der Waals surface area contributed by atoms with Gasteiger partial charge in [0.15, 0.2) is 0 Å². The van der Waals surface area contributed by atoms with Crippen LogP contribution in [0.15, 0.2) is 61.1 Å². The molecule has 6 N–H and O–H groups in total. The number of nitrogens with zero attached hydrogens (tertiary/aromatic N) is 7. The molecule has 3 aliphatic heterocycles. The highest BCUT2D eigenvalue weighted by atomic mass is 19.4. The molecule has 6 atom stereocenters. The average Bonchev–Trinajstić information content (AvgIpc) is 0.767. The summed E-state index contributed by atoms with van der Waals surface area (Å²) >= 11 is 0. The summed E-state index contributed by atoms with van der Waals surface area (Å²) in [5, 5.41) is 33.3. The lowest BCUT2D eigenvalue weighted by molar-refractivity contribution is -0.366. The molecule has 3 saturated heterocycles. The number of methoxy groups -OCH3 is 1. The molecule has 0 radical (unpaired) electrons. The molecule has 450 valence electrons. The number of ether oxygens (including phenoxy) is 2. The predicted molar refractivity (Wildman–Crippen MR) is 273 cm³/mol. The number of carbonyl (C=O) groups excluding carboxylic acids is 3. The Labute approximate surface area is 472 Å². The number of rotatable bonds is 19. The summed E-state index contributed by atoms with van der Waals surface area (Å²) in [6.45, 7) is -1.96. The van der Waals surface area contributed by atoms with Crippen LogP contribution in [0.4, 0.5) is 59.4 Å². The molecular weight excluding hydrogens is 1130 g/mol. The summed E-state index contributed by atoms with van der Waals surface area (Å²) < 4.78 is 154.